The molecule has 8 nitrogen and oxygen atoms in total. The highest BCUT2D eigenvalue weighted by Gasteiger charge is 2.49. The maximum absolute atomic E-state index is 12.8. The highest BCUT2D eigenvalue weighted by molar-refractivity contribution is 6.01. The molecule has 4 N–H and O–H groups in total. The lowest BCUT2D eigenvalue weighted by Crippen LogP contribution is -2.61. The molecule has 1 aromatic rings. The molecular weight excluding hydrogens is 342 g/mol. The second kappa shape index (κ2) is 7.30. The number of hydrogen-bond donors (Lipinski definition) is 4. The van der Waals surface area contributed by atoms with E-state index in [4.69, 9.17) is 14.2 Å². The van der Waals surface area contributed by atoms with Crippen molar-refractivity contribution >= 4 is 5.91 Å². The second-order valence-corrected chi connectivity index (χ2v) is 6.46. The Bertz CT molecular complexity index is 693. The summed E-state index contributed by atoms with van der Waals surface area (Å²) in [4.78, 5) is 12.8. The van der Waals surface area contributed by atoms with E-state index in [1.807, 2.05) is 6.92 Å². The zero-order chi connectivity index (χ0) is 19.0. The van der Waals surface area contributed by atoms with E-state index in [-0.39, 0.29) is 18.1 Å². The van der Waals surface area contributed by atoms with Crippen LogP contribution in [0.25, 0.3) is 0 Å². The Hall–Kier alpha value is -2.03. The molecule has 1 saturated carbocycles. The molecule has 26 heavy (non-hydrogen) atoms. The zero-order valence-electron chi connectivity index (χ0n) is 15.1. The van der Waals surface area contributed by atoms with Gasteiger partial charge < -0.3 is 34.8 Å². The number of ether oxygens (including phenoxy) is 3. The second-order valence-electron chi connectivity index (χ2n) is 6.46. The van der Waals surface area contributed by atoms with Crippen molar-refractivity contribution in [1.29, 1.82) is 0 Å². The first-order chi connectivity index (χ1) is 12.4. The molecule has 1 fully saturated rings. The Kier molecular flexibility index (Phi) is 5.27. The van der Waals surface area contributed by atoms with Gasteiger partial charge in [0, 0.05) is 5.92 Å². The maximum atomic E-state index is 12.8. The van der Waals surface area contributed by atoms with Crippen LogP contribution in [-0.4, -0.2) is 65.9 Å². The average molecular weight is 367 g/mol. The van der Waals surface area contributed by atoms with Crippen molar-refractivity contribution in [2.45, 2.75) is 50.5 Å². The molecule has 0 bridgehead atoms. The smallest absolute Gasteiger partial charge is 0.255 e. The quantitative estimate of drug-likeness (QED) is 0.586. The largest absolute Gasteiger partial charge is 0.493 e. The van der Waals surface area contributed by atoms with Crippen molar-refractivity contribution < 1.29 is 34.3 Å². The Morgan fingerprint density at radius 2 is 1.77 bits per heavy atom. The molecule has 2 aliphatic rings. The van der Waals surface area contributed by atoms with Crippen molar-refractivity contribution in [3.63, 3.8) is 0 Å². The molecule has 8 heteroatoms. The van der Waals surface area contributed by atoms with Crippen LogP contribution in [0.1, 0.15) is 42.1 Å². The first-order valence-electron chi connectivity index (χ1n) is 8.80. The van der Waals surface area contributed by atoms with E-state index in [0.717, 1.165) is 0 Å². The number of fused-ring (bicyclic) bond motifs is 3. The predicted molar refractivity (Wildman–Crippen MR) is 92.0 cm³/mol. The van der Waals surface area contributed by atoms with Gasteiger partial charge in [0.2, 0.25) is 5.75 Å². The van der Waals surface area contributed by atoms with E-state index >= 15 is 0 Å². The van der Waals surface area contributed by atoms with Crippen LogP contribution in [0.4, 0.5) is 0 Å². The fraction of sp³-hybridized carbons (Fsp3) is 0.611. The van der Waals surface area contributed by atoms with E-state index < -0.39 is 30.3 Å². The first kappa shape index (κ1) is 18.8. The SMILES string of the molecule is CCOc1c(OC)cc2c(c1OCC)C(=O)N[C@@H]1[C@@H](O)[C@@H](O)[C@H](O)C[C@@H]21. The fourth-order valence-corrected chi connectivity index (χ4v) is 3.83. The predicted octanol–water partition coefficient (Wildman–Crippen LogP) is 0.175. The molecular formula is C18H25NO7. The lowest BCUT2D eigenvalue weighted by Gasteiger charge is -2.44. The normalized spacial score (nSPS) is 30.1. The molecule has 3 rings (SSSR count). The highest BCUT2D eigenvalue weighted by atomic mass is 16.5. The monoisotopic (exact) mass is 367 g/mol. The number of benzene rings is 1. The van der Waals surface area contributed by atoms with E-state index in [0.29, 0.717) is 35.8 Å². The minimum absolute atomic E-state index is 0.193. The Balaban J connectivity index is 2.19. The molecule has 0 unspecified atom stereocenters. The summed E-state index contributed by atoms with van der Waals surface area (Å²) in [6.07, 6.45) is -3.48. The van der Waals surface area contributed by atoms with Crippen LogP contribution in [0.3, 0.4) is 0 Å². The Morgan fingerprint density at radius 1 is 1.12 bits per heavy atom. The summed E-state index contributed by atoms with van der Waals surface area (Å²) >= 11 is 0. The third-order valence-corrected chi connectivity index (χ3v) is 4.99. The molecule has 0 radical (unpaired) electrons. The molecule has 1 aliphatic carbocycles. The van der Waals surface area contributed by atoms with Crippen LogP contribution in [-0.2, 0) is 0 Å². The van der Waals surface area contributed by atoms with Crippen LogP contribution in [0, 0.1) is 0 Å². The van der Waals surface area contributed by atoms with Gasteiger partial charge >= 0.3 is 0 Å². The van der Waals surface area contributed by atoms with Gasteiger partial charge in [-0.1, -0.05) is 0 Å². The van der Waals surface area contributed by atoms with Crippen molar-refractivity contribution in [2.24, 2.45) is 0 Å². The van der Waals surface area contributed by atoms with Crippen molar-refractivity contribution in [3.8, 4) is 17.2 Å². The topological polar surface area (TPSA) is 117 Å². The standard InChI is InChI=1S/C18H25NO7/c1-4-25-16-11(24-3)7-8-9-6-10(20)14(21)15(22)13(9)19-18(23)12(8)17(16)26-5-2/h7,9-10,13-15,20-22H,4-6H2,1-3H3,(H,19,23)/t9-,10+,13-,14-,15+/m0/s1. The van der Waals surface area contributed by atoms with Crippen LogP contribution in [0.2, 0.25) is 0 Å². The summed E-state index contributed by atoms with van der Waals surface area (Å²) in [6, 6.07) is 0.988. The molecule has 1 amide bonds. The summed E-state index contributed by atoms with van der Waals surface area (Å²) in [6.45, 7) is 4.31. The van der Waals surface area contributed by atoms with E-state index in [1.54, 1.807) is 13.0 Å². The number of rotatable bonds is 5. The Morgan fingerprint density at radius 3 is 2.38 bits per heavy atom. The van der Waals surface area contributed by atoms with Gasteiger partial charge in [-0.15, -0.1) is 0 Å². The fourth-order valence-electron chi connectivity index (χ4n) is 3.83. The van der Waals surface area contributed by atoms with Gasteiger partial charge in [-0.3, -0.25) is 4.79 Å². The van der Waals surface area contributed by atoms with Crippen LogP contribution in [0.5, 0.6) is 17.2 Å². The van der Waals surface area contributed by atoms with E-state index in [1.165, 1.54) is 7.11 Å². The molecule has 144 valence electrons. The number of carbonyl (C=O) groups is 1. The van der Waals surface area contributed by atoms with Crippen molar-refractivity contribution in [2.75, 3.05) is 20.3 Å². The first-order valence-corrected chi connectivity index (χ1v) is 8.80. The van der Waals surface area contributed by atoms with E-state index in [2.05, 4.69) is 5.32 Å². The van der Waals surface area contributed by atoms with Gasteiger partial charge in [-0.2, -0.15) is 0 Å². The number of carbonyl (C=O) groups excluding carboxylic acids is 1. The number of amides is 1. The van der Waals surface area contributed by atoms with Crippen molar-refractivity contribution in [3.05, 3.63) is 17.2 Å². The van der Waals surface area contributed by atoms with Gasteiger partial charge in [0.1, 0.15) is 12.2 Å². The highest BCUT2D eigenvalue weighted by Crippen LogP contribution is 2.49. The number of aliphatic hydroxyl groups excluding tert-OH is 3. The van der Waals surface area contributed by atoms with Crippen LogP contribution in [0.15, 0.2) is 6.07 Å². The van der Waals surface area contributed by atoms with Crippen LogP contribution >= 0.6 is 0 Å². The van der Waals surface area contributed by atoms with Gasteiger partial charge in [-0.05, 0) is 31.9 Å². The number of methoxy groups -OCH3 is 1. The minimum Gasteiger partial charge on any atom is -0.493 e. The molecule has 5 atom stereocenters. The lowest BCUT2D eigenvalue weighted by atomic mass is 9.72. The van der Waals surface area contributed by atoms with Gasteiger partial charge in [0.05, 0.1) is 38.0 Å². The van der Waals surface area contributed by atoms with Gasteiger partial charge in [0.15, 0.2) is 11.5 Å². The molecule has 1 aromatic carbocycles. The summed E-state index contributed by atoms with van der Waals surface area (Å²) in [5.41, 5.74) is 0.917. The Labute approximate surface area is 151 Å². The van der Waals surface area contributed by atoms with Crippen LogP contribution < -0.4 is 19.5 Å². The molecule has 1 aliphatic heterocycles. The average Bonchev–Trinajstić information content (AvgIpc) is 2.62. The number of hydrogen-bond acceptors (Lipinski definition) is 7. The molecule has 0 spiro atoms. The minimum atomic E-state index is -1.31. The van der Waals surface area contributed by atoms with Crippen molar-refractivity contribution in [1.82, 2.24) is 5.32 Å². The number of nitrogens with one attached hydrogen (secondary N) is 1. The summed E-state index contributed by atoms with van der Waals surface area (Å²) in [5.74, 6) is 0.240. The summed E-state index contributed by atoms with van der Waals surface area (Å²) in [5, 5.41) is 33.1. The number of aliphatic hydroxyl groups is 3. The molecule has 1 heterocycles. The molecule has 0 aromatic heterocycles. The van der Waals surface area contributed by atoms with Gasteiger partial charge in [-0.25, -0.2) is 0 Å². The molecule has 0 saturated heterocycles. The lowest BCUT2D eigenvalue weighted by molar-refractivity contribution is -0.104. The zero-order valence-corrected chi connectivity index (χ0v) is 15.1. The maximum Gasteiger partial charge on any atom is 0.255 e. The third-order valence-electron chi connectivity index (χ3n) is 4.99. The van der Waals surface area contributed by atoms with E-state index in [9.17, 15) is 20.1 Å². The van der Waals surface area contributed by atoms with Gasteiger partial charge in [0.25, 0.3) is 5.91 Å². The summed E-state index contributed by atoms with van der Waals surface area (Å²) < 4.78 is 16.8. The summed E-state index contributed by atoms with van der Waals surface area (Å²) in [7, 11) is 1.49. The third kappa shape index (κ3) is 2.87.